The molecule has 0 saturated carbocycles. The Hall–Kier alpha value is -3.30. The highest BCUT2D eigenvalue weighted by molar-refractivity contribution is 7.92. The van der Waals surface area contributed by atoms with Crippen LogP contribution in [-0.2, 0) is 16.4 Å². The first-order valence-electron chi connectivity index (χ1n) is 8.57. The number of nitrogens with one attached hydrogen (secondary N) is 2. The maximum Gasteiger partial charge on any atom is 0.262 e. The van der Waals surface area contributed by atoms with E-state index in [2.05, 4.69) is 10.0 Å². The van der Waals surface area contributed by atoms with Crippen LogP contribution in [0.5, 0.6) is 0 Å². The molecule has 134 valence electrons. The Kier molecular flexibility index (Phi) is 4.30. The summed E-state index contributed by atoms with van der Waals surface area (Å²) in [6.45, 7) is 0.762. The van der Waals surface area contributed by atoms with E-state index in [-0.39, 0.29) is 4.90 Å². The largest absolute Gasteiger partial charge is 0.383 e. The van der Waals surface area contributed by atoms with Crippen molar-refractivity contribution in [2.24, 2.45) is 0 Å². The lowest BCUT2D eigenvalue weighted by Crippen LogP contribution is -2.14. The highest BCUT2D eigenvalue weighted by Crippen LogP contribution is 2.39. The Morgan fingerprint density at radius 1 is 1.00 bits per heavy atom. The van der Waals surface area contributed by atoms with E-state index in [1.807, 2.05) is 42.5 Å². The second-order valence-electron chi connectivity index (χ2n) is 6.30. The molecule has 0 saturated heterocycles. The molecule has 0 radical (unpaired) electrons. The van der Waals surface area contributed by atoms with Crippen molar-refractivity contribution in [3.8, 4) is 17.2 Å². The summed E-state index contributed by atoms with van der Waals surface area (Å²) in [6, 6.07) is 21.7. The van der Waals surface area contributed by atoms with Gasteiger partial charge in [0.05, 0.1) is 27.9 Å². The minimum atomic E-state index is -3.79. The van der Waals surface area contributed by atoms with Gasteiger partial charge in [0.15, 0.2) is 0 Å². The monoisotopic (exact) mass is 375 g/mol. The van der Waals surface area contributed by atoms with E-state index >= 15 is 0 Å². The van der Waals surface area contributed by atoms with Gasteiger partial charge >= 0.3 is 0 Å². The zero-order valence-corrected chi connectivity index (χ0v) is 15.3. The summed E-state index contributed by atoms with van der Waals surface area (Å²) in [4.78, 5) is 0.0698. The summed E-state index contributed by atoms with van der Waals surface area (Å²) in [7, 11) is -3.79. The smallest absolute Gasteiger partial charge is 0.262 e. The van der Waals surface area contributed by atoms with Crippen LogP contribution < -0.4 is 10.0 Å². The second-order valence-corrected chi connectivity index (χ2v) is 7.98. The quantitative estimate of drug-likeness (QED) is 0.722. The van der Waals surface area contributed by atoms with Crippen LogP contribution in [0.3, 0.4) is 0 Å². The number of hydrogen-bond acceptors (Lipinski definition) is 4. The zero-order valence-electron chi connectivity index (χ0n) is 14.4. The highest BCUT2D eigenvalue weighted by Gasteiger charge is 2.22. The zero-order chi connectivity index (χ0) is 18.9. The van der Waals surface area contributed by atoms with Crippen molar-refractivity contribution in [3.05, 3.63) is 77.9 Å². The summed E-state index contributed by atoms with van der Waals surface area (Å²) in [6.07, 6.45) is 0.832. The molecule has 4 rings (SSSR count). The van der Waals surface area contributed by atoms with Crippen molar-refractivity contribution in [1.82, 2.24) is 0 Å². The average molecular weight is 375 g/mol. The maximum atomic E-state index is 12.8. The molecule has 0 aliphatic carbocycles. The lowest BCUT2D eigenvalue weighted by molar-refractivity contribution is 0.601. The number of nitrogens with zero attached hydrogens (tertiary/aromatic N) is 1. The highest BCUT2D eigenvalue weighted by atomic mass is 32.2. The van der Waals surface area contributed by atoms with Crippen LogP contribution in [0.4, 0.5) is 11.4 Å². The van der Waals surface area contributed by atoms with Gasteiger partial charge < -0.3 is 5.32 Å². The van der Waals surface area contributed by atoms with Gasteiger partial charge in [-0.25, -0.2) is 8.42 Å². The van der Waals surface area contributed by atoms with Gasteiger partial charge in [0.2, 0.25) is 0 Å². The van der Waals surface area contributed by atoms with Crippen LogP contribution in [0, 0.1) is 11.3 Å². The van der Waals surface area contributed by atoms with Crippen LogP contribution in [0.1, 0.15) is 11.1 Å². The lowest BCUT2D eigenvalue weighted by Gasteiger charge is -2.15. The summed E-state index contributed by atoms with van der Waals surface area (Å²) in [5, 5.41) is 12.3. The molecule has 5 nitrogen and oxygen atoms in total. The minimum absolute atomic E-state index is 0.0698. The van der Waals surface area contributed by atoms with Gasteiger partial charge in [-0.3, -0.25) is 4.72 Å². The predicted octanol–water partition coefficient (Wildman–Crippen LogP) is 3.99. The summed E-state index contributed by atoms with van der Waals surface area (Å²) < 4.78 is 28.2. The standard InChI is InChI=1S/C21H17N3O2S/c22-14-15-5-4-8-17(13-15)27(25,26)24-20-10-9-18(16-6-2-1-3-7-16)19-11-12-23-21(19)20/h1-10,13,23-24H,11-12H2. The maximum absolute atomic E-state index is 12.8. The third kappa shape index (κ3) is 3.25. The van der Waals surface area contributed by atoms with Crippen LogP contribution in [-0.4, -0.2) is 15.0 Å². The van der Waals surface area contributed by atoms with Crippen LogP contribution in [0.25, 0.3) is 11.1 Å². The van der Waals surface area contributed by atoms with Gasteiger partial charge in [0, 0.05) is 6.54 Å². The fraction of sp³-hybridized carbons (Fsp3) is 0.0952. The summed E-state index contributed by atoms with van der Waals surface area (Å²) in [5.41, 5.74) is 4.95. The first-order valence-corrected chi connectivity index (χ1v) is 10.0. The molecule has 1 heterocycles. The van der Waals surface area contributed by atoms with Gasteiger partial charge in [0.25, 0.3) is 10.0 Å². The van der Waals surface area contributed by atoms with Gasteiger partial charge in [0.1, 0.15) is 0 Å². The topological polar surface area (TPSA) is 82.0 Å². The molecule has 0 bridgehead atoms. The minimum Gasteiger partial charge on any atom is -0.383 e. The van der Waals surface area contributed by atoms with Crippen molar-refractivity contribution >= 4 is 21.4 Å². The van der Waals surface area contributed by atoms with E-state index in [1.54, 1.807) is 18.2 Å². The third-order valence-electron chi connectivity index (χ3n) is 4.59. The first-order chi connectivity index (χ1) is 13.1. The lowest BCUT2D eigenvalue weighted by atomic mass is 9.97. The molecule has 0 spiro atoms. The number of fused-ring (bicyclic) bond motifs is 1. The normalized spacial score (nSPS) is 12.7. The Labute approximate surface area is 158 Å². The van der Waals surface area contributed by atoms with E-state index in [0.29, 0.717) is 11.3 Å². The molecule has 0 fully saturated rings. The van der Waals surface area contributed by atoms with Crippen molar-refractivity contribution < 1.29 is 8.42 Å². The molecule has 3 aromatic rings. The van der Waals surface area contributed by atoms with Gasteiger partial charge in [-0.2, -0.15) is 5.26 Å². The van der Waals surface area contributed by atoms with E-state index in [0.717, 1.165) is 35.3 Å². The number of hydrogen-bond donors (Lipinski definition) is 2. The number of sulfonamides is 1. The molecule has 3 aromatic carbocycles. The number of rotatable bonds is 4. The number of anilines is 2. The Morgan fingerprint density at radius 2 is 1.81 bits per heavy atom. The van der Waals surface area contributed by atoms with Gasteiger partial charge in [-0.15, -0.1) is 0 Å². The summed E-state index contributed by atoms with van der Waals surface area (Å²) in [5.74, 6) is 0. The van der Waals surface area contributed by atoms with Gasteiger partial charge in [-0.1, -0.05) is 42.5 Å². The molecule has 2 N–H and O–H groups in total. The number of nitriles is 1. The van der Waals surface area contributed by atoms with Crippen LogP contribution >= 0.6 is 0 Å². The fourth-order valence-corrected chi connectivity index (χ4v) is 4.45. The molecule has 1 aliphatic heterocycles. The van der Waals surface area contributed by atoms with Crippen LogP contribution in [0.15, 0.2) is 71.6 Å². The van der Waals surface area contributed by atoms with Crippen LogP contribution in [0.2, 0.25) is 0 Å². The first kappa shape index (κ1) is 17.1. The Morgan fingerprint density at radius 3 is 2.59 bits per heavy atom. The molecule has 0 atom stereocenters. The van der Waals surface area contributed by atoms with Crippen molar-refractivity contribution in [3.63, 3.8) is 0 Å². The SMILES string of the molecule is N#Cc1cccc(S(=O)(=O)Nc2ccc(-c3ccccc3)c3c2NCC3)c1. The molecule has 0 amide bonds. The molecule has 27 heavy (non-hydrogen) atoms. The molecule has 1 aliphatic rings. The van der Waals surface area contributed by atoms with Gasteiger partial charge in [-0.05, 0) is 47.4 Å². The predicted molar refractivity (Wildman–Crippen MR) is 106 cm³/mol. The van der Waals surface area contributed by atoms with Crippen molar-refractivity contribution in [2.45, 2.75) is 11.3 Å². The molecular weight excluding hydrogens is 358 g/mol. The third-order valence-corrected chi connectivity index (χ3v) is 5.96. The van der Waals surface area contributed by atoms with Crippen molar-refractivity contribution in [2.75, 3.05) is 16.6 Å². The van der Waals surface area contributed by atoms with Crippen molar-refractivity contribution in [1.29, 1.82) is 5.26 Å². The number of benzene rings is 3. The fourth-order valence-electron chi connectivity index (χ4n) is 3.33. The molecule has 6 heteroatoms. The molecular formula is C21H17N3O2S. The Balaban J connectivity index is 1.73. The van der Waals surface area contributed by atoms with E-state index < -0.39 is 10.0 Å². The van der Waals surface area contributed by atoms with E-state index in [1.165, 1.54) is 12.1 Å². The Bertz CT molecular complexity index is 1150. The average Bonchev–Trinajstić information content (AvgIpc) is 3.19. The second kappa shape index (κ2) is 6.78. The molecule has 0 aromatic heterocycles. The molecule has 0 unspecified atom stereocenters. The van der Waals surface area contributed by atoms with E-state index in [4.69, 9.17) is 5.26 Å². The van der Waals surface area contributed by atoms with E-state index in [9.17, 15) is 8.42 Å². The summed E-state index contributed by atoms with van der Waals surface area (Å²) >= 11 is 0.